The van der Waals surface area contributed by atoms with Crippen molar-refractivity contribution in [2.45, 2.75) is 6.61 Å². The quantitative estimate of drug-likeness (QED) is 0.369. The number of ether oxygens (including phenoxy) is 1. The molecule has 0 atom stereocenters. The predicted molar refractivity (Wildman–Crippen MR) is 111 cm³/mol. The molecule has 3 rings (SSSR count). The molecule has 0 unspecified atom stereocenters. The molecule has 136 valence electrons. The van der Waals surface area contributed by atoms with Crippen molar-refractivity contribution in [3.8, 4) is 5.75 Å². The molecule has 0 radical (unpaired) electrons. The fraction of sp³-hybridized carbons (Fsp3) is 0.0476. The molecule has 0 aromatic heterocycles. The van der Waals surface area contributed by atoms with Gasteiger partial charge < -0.3 is 10.1 Å². The molecule has 0 saturated heterocycles. The third kappa shape index (κ3) is 6.20. The zero-order valence-electron chi connectivity index (χ0n) is 14.4. The second-order valence-electron chi connectivity index (χ2n) is 5.67. The van der Waals surface area contributed by atoms with Crippen molar-refractivity contribution >= 4 is 29.2 Å². The Morgan fingerprint density at radius 1 is 0.963 bits per heavy atom. The standard InChI is InChI=1S/C21H18FN3OS/c22-18-8-10-19(11-9-18)24-21(27)25-23-14-16-6-12-20(13-7-16)26-15-17-4-2-1-3-5-17/h1-14H,15H2,(H2,24,25,27)/b23-14-. The Labute approximate surface area is 162 Å². The third-order valence-corrected chi connectivity index (χ3v) is 3.80. The number of hydrogen-bond donors (Lipinski definition) is 2. The van der Waals surface area contributed by atoms with Crippen molar-refractivity contribution in [2.24, 2.45) is 5.10 Å². The smallest absolute Gasteiger partial charge is 0.191 e. The molecule has 0 bridgehead atoms. The monoisotopic (exact) mass is 379 g/mol. The number of anilines is 1. The summed E-state index contributed by atoms with van der Waals surface area (Å²) < 4.78 is 18.6. The minimum atomic E-state index is -0.298. The Morgan fingerprint density at radius 2 is 1.67 bits per heavy atom. The SMILES string of the molecule is Fc1ccc(NC(=S)N/N=C\c2ccc(OCc3ccccc3)cc2)cc1. The third-order valence-electron chi connectivity index (χ3n) is 3.61. The van der Waals surface area contributed by atoms with Crippen LogP contribution in [-0.4, -0.2) is 11.3 Å². The van der Waals surface area contributed by atoms with Crippen LogP contribution in [0.15, 0.2) is 84.0 Å². The lowest BCUT2D eigenvalue weighted by atomic mass is 10.2. The highest BCUT2D eigenvalue weighted by atomic mass is 32.1. The summed E-state index contributed by atoms with van der Waals surface area (Å²) in [6.45, 7) is 0.527. The Morgan fingerprint density at radius 3 is 2.37 bits per heavy atom. The highest BCUT2D eigenvalue weighted by Crippen LogP contribution is 2.13. The number of benzene rings is 3. The van der Waals surface area contributed by atoms with Gasteiger partial charge in [0.15, 0.2) is 5.11 Å². The van der Waals surface area contributed by atoms with Gasteiger partial charge in [-0.15, -0.1) is 0 Å². The predicted octanol–water partition coefficient (Wildman–Crippen LogP) is 4.73. The summed E-state index contributed by atoms with van der Waals surface area (Å²) in [5, 5.41) is 7.32. The number of rotatable bonds is 6. The molecule has 2 N–H and O–H groups in total. The van der Waals surface area contributed by atoms with Gasteiger partial charge in [-0.05, 0) is 71.9 Å². The number of nitrogens with one attached hydrogen (secondary N) is 2. The minimum Gasteiger partial charge on any atom is -0.489 e. The van der Waals surface area contributed by atoms with Gasteiger partial charge in [0.05, 0.1) is 6.21 Å². The van der Waals surface area contributed by atoms with E-state index in [1.165, 1.54) is 12.1 Å². The van der Waals surface area contributed by atoms with E-state index in [2.05, 4.69) is 15.8 Å². The summed E-state index contributed by atoms with van der Waals surface area (Å²) in [6.07, 6.45) is 1.65. The van der Waals surface area contributed by atoms with Gasteiger partial charge in [-0.3, -0.25) is 5.43 Å². The fourth-order valence-electron chi connectivity index (χ4n) is 2.25. The first kappa shape index (κ1) is 18.5. The summed E-state index contributed by atoms with van der Waals surface area (Å²) >= 11 is 5.14. The van der Waals surface area contributed by atoms with E-state index in [0.717, 1.165) is 16.9 Å². The van der Waals surface area contributed by atoms with Gasteiger partial charge in [-0.2, -0.15) is 5.10 Å². The maximum atomic E-state index is 12.9. The first-order valence-electron chi connectivity index (χ1n) is 8.31. The Bertz CT molecular complexity index is 897. The summed E-state index contributed by atoms with van der Waals surface area (Å²) in [4.78, 5) is 0. The highest BCUT2D eigenvalue weighted by molar-refractivity contribution is 7.80. The lowest BCUT2D eigenvalue weighted by Gasteiger charge is -2.07. The van der Waals surface area contributed by atoms with E-state index in [1.54, 1.807) is 18.3 Å². The molecule has 0 amide bonds. The highest BCUT2D eigenvalue weighted by Gasteiger charge is 1.98. The van der Waals surface area contributed by atoms with E-state index in [-0.39, 0.29) is 5.82 Å². The lowest BCUT2D eigenvalue weighted by molar-refractivity contribution is 0.306. The fourth-order valence-corrected chi connectivity index (χ4v) is 2.42. The van der Waals surface area contributed by atoms with Crippen LogP contribution >= 0.6 is 12.2 Å². The van der Waals surface area contributed by atoms with Gasteiger partial charge in [0, 0.05) is 5.69 Å². The Kier molecular flexibility index (Phi) is 6.49. The molecule has 27 heavy (non-hydrogen) atoms. The number of hydrazone groups is 1. The van der Waals surface area contributed by atoms with Gasteiger partial charge in [0.25, 0.3) is 0 Å². The Hall–Kier alpha value is -3.25. The molecule has 3 aromatic carbocycles. The van der Waals surface area contributed by atoms with Crippen LogP contribution in [0.25, 0.3) is 0 Å². The van der Waals surface area contributed by atoms with E-state index in [4.69, 9.17) is 17.0 Å². The normalized spacial score (nSPS) is 10.6. The van der Waals surface area contributed by atoms with Crippen LogP contribution in [0.1, 0.15) is 11.1 Å². The molecule has 0 heterocycles. The van der Waals surface area contributed by atoms with Gasteiger partial charge in [-0.25, -0.2) is 4.39 Å². The van der Waals surface area contributed by atoms with Crippen LogP contribution in [-0.2, 0) is 6.61 Å². The number of thiocarbonyl (C=S) groups is 1. The maximum absolute atomic E-state index is 12.9. The van der Waals surface area contributed by atoms with Crippen LogP contribution < -0.4 is 15.5 Å². The van der Waals surface area contributed by atoms with E-state index in [1.807, 2.05) is 54.6 Å². The summed E-state index contributed by atoms with van der Waals surface area (Å²) in [6, 6.07) is 23.5. The largest absolute Gasteiger partial charge is 0.489 e. The molecule has 0 spiro atoms. The molecular formula is C21H18FN3OS. The van der Waals surface area contributed by atoms with Gasteiger partial charge >= 0.3 is 0 Å². The van der Waals surface area contributed by atoms with E-state index < -0.39 is 0 Å². The van der Waals surface area contributed by atoms with Crippen molar-refractivity contribution in [3.05, 3.63) is 95.8 Å². The Balaban J connectivity index is 1.46. The minimum absolute atomic E-state index is 0.298. The topological polar surface area (TPSA) is 45.7 Å². The molecule has 6 heteroatoms. The van der Waals surface area contributed by atoms with Crippen LogP contribution in [0.2, 0.25) is 0 Å². The average Bonchev–Trinajstić information content (AvgIpc) is 2.70. The van der Waals surface area contributed by atoms with Crippen molar-refractivity contribution in [2.75, 3.05) is 5.32 Å². The van der Waals surface area contributed by atoms with Crippen molar-refractivity contribution in [1.29, 1.82) is 0 Å². The zero-order chi connectivity index (χ0) is 18.9. The van der Waals surface area contributed by atoms with Gasteiger partial charge in [0.1, 0.15) is 18.2 Å². The molecule has 4 nitrogen and oxygen atoms in total. The van der Waals surface area contributed by atoms with Gasteiger partial charge in [0.2, 0.25) is 0 Å². The number of nitrogens with zero attached hydrogens (tertiary/aromatic N) is 1. The van der Waals surface area contributed by atoms with Crippen LogP contribution in [0.5, 0.6) is 5.75 Å². The molecule has 0 aliphatic carbocycles. The molecule has 0 fully saturated rings. The first-order chi connectivity index (χ1) is 13.2. The first-order valence-corrected chi connectivity index (χ1v) is 8.72. The maximum Gasteiger partial charge on any atom is 0.191 e. The van der Waals surface area contributed by atoms with Crippen molar-refractivity contribution in [1.82, 2.24) is 5.43 Å². The summed E-state index contributed by atoms with van der Waals surface area (Å²) in [5.74, 6) is 0.492. The van der Waals surface area contributed by atoms with Crippen molar-refractivity contribution < 1.29 is 9.13 Å². The van der Waals surface area contributed by atoms with Crippen molar-refractivity contribution in [3.63, 3.8) is 0 Å². The average molecular weight is 379 g/mol. The molecule has 3 aromatic rings. The zero-order valence-corrected chi connectivity index (χ0v) is 15.2. The lowest BCUT2D eigenvalue weighted by Crippen LogP contribution is -2.23. The molecule has 0 saturated carbocycles. The number of hydrogen-bond acceptors (Lipinski definition) is 3. The molecule has 0 aliphatic heterocycles. The summed E-state index contributed by atoms with van der Waals surface area (Å²) in [7, 11) is 0. The van der Waals surface area contributed by atoms with Gasteiger partial charge in [-0.1, -0.05) is 30.3 Å². The van der Waals surface area contributed by atoms with Crippen LogP contribution in [0.3, 0.4) is 0 Å². The van der Waals surface area contributed by atoms with Crippen LogP contribution in [0.4, 0.5) is 10.1 Å². The molecular weight excluding hydrogens is 361 g/mol. The summed E-state index contributed by atoms with van der Waals surface area (Å²) in [5.41, 5.74) is 5.43. The van der Waals surface area contributed by atoms with E-state index in [0.29, 0.717) is 17.4 Å². The van der Waals surface area contributed by atoms with Crippen LogP contribution in [0, 0.1) is 5.82 Å². The second kappa shape index (κ2) is 9.45. The van der Waals surface area contributed by atoms with E-state index >= 15 is 0 Å². The molecule has 0 aliphatic rings. The van der Waals surface area contributed by atoms with E-state index in [9.17, 15) is 4.39 Å². The number of halogens is 1. The second-order valence-corrected chi connectivity index (χ2v) is 6.08.